The lowest BCUT2D eigenvalue weighted by Crippen LogP contribution is -2.29. The highest BCUT2D eigenvalue weighted by atomic mass is 32.1. The fourth-order valence-corrected chi connectivity index (χ4v) is 4.56. The van der Waals surface area contributed by atoms with E-state index in [0.717, 1.165) is 18.8 Å². The number of piperidine rings is 1. The van der Waals surface area contributed by atoms with Gasteiger partial charge in [-0.3, -0.25) is 9.59 Å². The van der Waals surface area contributed by atoms with Crippen LogP contribution in [0.25, 0.3) is 10.2 Å². The summed E-state index contributed by atoms with van der Waals surface area (Å²) < 4.78 is 1.43. The summed E-state index contributed by atoms with van der Waals surface area (Å²) in [5.74, 6) is -0.205. The van der Waals surface area contributed by atoms with Crippen molar-refractivity contribution in [3.05, 3.63) is 51.4 Å². The van der Waals surface area contributed by atoms with Crippen molar-refractivity contribution in [2.24, 2.45) is 7.05 Å². The van der Waals surface area contributed by atoms with Gasteiger partial charge in [-0.1, -0.05) is 0 Å². The first-order valence-corrected chi connectivity index (χ1v) is 9.97. The number of hydrogen-bond donors (Lipinski definition) is 1. The molecule has 27 heavy (non-hydrogen) atoms. The van der Waals surface area contributed by atoms with Crippen LogP contribution in [0.4, 0.5) is 11.4 Å². The summed E-state index contributed by atoms with van der Waals surface area (Å²) in [4.78, 5) is 32.8. The minimum atomic E-state index is -0.205. The largest absolute Gasteiger partial charge is 0.372 e. The number of aryl methyl sites for hydroxylation is 2. The summed E-state index contributed by atoms with van der Waals surface area (Å²) in [7, 11) is 1.66. The van der Waals surface area contributed by atoms with Crippen molar-refractivity contribution in [2.45, 2.75) is 26.2 Å². The third-order valence-electron chi connectivity index (χ3n) is 5.06. The Balaban J connectivity index is 1.55. The lowest BCUT2D eigenvalue weighted by atomic mass is 10.1. The molecule has 140 valence electrons. The van der Waals surface area contributed by atoms with Crippen molar-refractivity contribution in [3.63, 3.8) is 0 Å². The van der Waals surface area contributed by atoms with Crippen LogP contribution in [-0.2, 0) is 7.05 Å². The second-order valence-corrected chi connectivity index (χ2v) is 7.94. The summed E-state index contributed by atoms with van der Waals surface area (Å²) in [5.41, 5.74) is 2.50. The molecule has 1 aliphatic heterocycles. The maximum absolute atomic E-state index is 12.7. The number of amides is 1. The van der Waals surface area contributed by atoms with Crippen molar-refractivity contribution in [3.8, 4) is 0 Å². The third-order valence-corrected chi connectivity index (χ3v) is 6.26. The molecular formula is C20H22N4O2S. The molecule has 0 atom stereocenters. The Morgan fingerprint density at radius 1 is 1.15 bits per heavy atom. The number of fused-ring (bicyclic) bond motifs is 1. The van der Waals surface area contributed by atoms with Gasteiger partial charge >= 0.3 is 0 Å². The van der Waals surface area contributed by atoms with Crippen LogP contribution in [0.1, 0.15) is 34.5 Å². The normalized spacial score (nSPS) is 14.5. The molecule has 0 unspecified atom stereocenters. The van der Waals surface area contributed by atoms with Gasteiger partial charge < -0.3 is 14.8 Å². The number of nitrogens with one attached hydrogen (secondary N) is 1. The van der Waals surface area contributed by atoms with Crippen LogP contribution in [0.5, 0.6) is 0 Å². The van der Waals surface area contributed by atoms with E-state index in [2.05, 4.69) is 27.3 Å². The number of carbonyl (C=O) groups is 1. The molecule has 1 N–H and O–H groups in total. The zero-order chi connectivity index (χ0) is 19.0. The van der Waals surface area contributed by atoms with E-state index in [1.165, 1.54) is 47.2 Å². The highest BCUT2D eigenvalue weighted by Crippen LogP contribution is 2.28. The van der Waals surface area contributed by atoms with Crippen LogP contribution < -0.4 is 15.8 Å². The number of thiophene rings is 1. The Bertz CT molecular complexity index is 1050. The molecule has 0 aliphatic carbocycles. The maximum atomic E-state index is 12.7. The summed E-state index contributed by atoms with van der Waals surface area (Å²) >= 11 is 1.26. The number of anilines is 2. The van der Waals surface area contributed by atoms with Crippen molar-refractivity contribution in [1.29, 1.82) is 0 Å². The summed E-state index contributed by atoms with van der Waals surface area (Å²) in [6, 6.07) is 7.97. The predicted octanol–water partition coefficient (Wildman–Crippen LogP) is 3.55. The lowest BCUT2D eigenvalue weighted by molar-refractivity contribution is 0.103. The Morgan fingerprint density at radius 3 is 2.56 bits per heavy atom. The average molecular weight is 382 g/mol. The fraction of sp³-hybridized carbons (Fsp3) is 0.350. The Kier molecular flexibility index (Phi) is 4.70. The second kappa shape index (κ2) is 7.15. The molecule has 0 saturated carbocycles. The lowest BCUT2D eigenvalue weighted by Gasteiger charge is -2.28. The van der Waals surface area contributed by atoms with Gasteiger partial charge in [0.2, 0.25) is 0 Å². The molecule has 4 rings (SSSR count). The van der Waals surface area contributed by atoms with Gasteiger partial charge in [0.05, 0.1) is 16.6 Å². The van der Waals surface area contributed by atoms with E-state index in [0.29, 0.717) is 20.7 Å². The number of carbonyl (C=O) groups excluding carboxylic acids is 1. The first kappa shape index (κ1) is 17.7. The maximum Gasteiger partial charge on any atom is 0.266 e. The van der Waals surface area contributed by atoms with Crippen molar-refractivity contribution < 1.29 is 4.79 Å². The van der Waals surface area contributed by atoms with Gasteiger partial charge in [0.25, 0.3) is 11.5 Å². The third kappa shape index (κ3) is 3.35. The SMILES string of the molecule is Cc1c(C(=O)Nc2ccc(N3CCCCC3)cc2)sc2ncn(C)c(=O)c12. The Labute approximate surface area is 161 Å². The van der Waals surface area contributed by atoms with E-state index in [1.807, 2.05) is 12.1 Å². The second-order valence-electron chi connectivity index (χ2n) is 6.95. The fourth-order valence-electron chi connectivity index (χ4n) is 3.52. The van der Waals surface area contributed by atoms with Gasteiger partial charge in [-0.2, -0.15) is 0 Å². The number of nitrogens with zero attached hydrogens (tertiary/aromatic N) is 3. The average Bonchev–Trinajstić information content (AvgIpc) is 3.03. The molecule has 1 saturated heterocycles. The zero-order valence-corrected chi connectivity index (χ0v) is 16.3. The summed E-state index contributed by atoms with van der Waals surface area (Å²) in [6.45, 7) is 3.99. The van der Waals surface area contributed by atoms with Crippen molar-refractivity contribution in [1.82, 2.24) is 9.55 Å². The topological polar surface area (TPSA) is 67.2 Å². The quantitative estimate of drug-likeness (QED) is 0.752. The van der Waals surface area contributed by atoms with E-state index >= 15 is 0 Å². The van der Waals surface area contributed by atoms with Gasteiger partial charge in [-0.05, 0) is 56.0 Å². The van der Waals surface area contributed by atoms with Crippen molar-refractivity contribution in [2.75, 3.05) is 23.3 Å². The summed E-state index contributed by atoms with van der Waals surface area (Å²) in [6.07, 6.45) is 5.26. The van der Waals surface area contributed by atoms with Gasteiger partial charge in [0.1, 0.15) is 4.83 Å². The molecule has 1 aliphatic rings. The van der Waals surface area contributed by atoms with Gasteiger partial charge in [0, 0.05) is 31.5 Å². The molecule has 1 amide bonds. The molecule has 0 spiro atoms. The van der Waals surface area contributed by atoms with Gasteiger partial charge in [-0.25, -0.2) is 4.98 Å². The molecule has 6 nitrogen and oxygen atoms in total. The van der Waals surface area contributed by atoms with E-state index in [1.54, 1.807) is 14.0 Å². The number of hydrogen-bond acceptors (Lipinski definition) is 5. The minimum Gasteiger partial charge on any atom is -0.372 e. The molecule has 2 aromatic heterocycles. The van der Waals surface area contributed by atoms with E-state index in [9.17, 15) is 9.59 Å². The van der Waals surface area contributed by atoms with E-state index in [4.69, 9.17) is 0 Å². The highest BCUT2D eigenvalue weighted by molar-refractivity contribution is 7.20. The number of benzene rings is 1. The van der Waals surface area contributed by atoms with Crippen molar-refractivity contribution >= 4 is 38.8 Å². The summed E-state index contributed by atoms with van der Waals surface area (Å²) in [5, 5.41) is 3.46. The molecule has 3 heterocycles. The van der Waals surface area contributed by atoms with Crippen LogP contribution in [0.15, 0.2) is 35.4 Å². The van der Waals surface area contributed by atoms with E-state index in [-0.39, 0.29) is 11.5 Å². The molecule has 3 aromatic rings. The van der Waals surface area contributed by atoms with Crippen LogP contribution in [0, 0.1) is 6.92 Å². The number of rotatable bonds is 3. The van der Waals surface area contributed by atoms with Crippen LogP contribution in [0.2, 0.25) is 0 Å². The van der Waals surface area contributed by atoms with Crippen LogP contribution in [-0.4, -0.2) is 28.5 Å². The zero-order valence-electron chi connectivity index (χ0n) is 15.5. The molecule has 0 bridgehead atoms. The smallest absolute Gasteiger partial charge is 0.266 e. The molecule has 0 radical (unpaired) electrons. The van der Waals surface area contributed by atoms with E-state index < -0.39 is 0 Å². The standard InChI is InChI=1S/C20H22N4O2S/c1-13-16-19(21-12-23(2)20(16)26)27-17(13)18(25)22-14-6-8-15(9-7-14)24-10-4-3-5-11-24/h6-9,12H,3-5,10-11H2,1-2H3,(H,22,25). The first-order chi connectivity index (χ1) is 13.0. The monoisotopic (exact) mass is 382 g/mol. The predicted molar refractivity (Wildman–Crippen MR) is 110 cm³/mol. The molecule has 1 fully saturated rings. The molecule has 7 heteroatoms. The Morgan fingerprint density at radius 2 is 1.85 bits per heavy atom. The molecule has 1 aromatic carbocycles. The Hall–Kier alpha value is -2.67. The van der Waals surface area contributed by atoms with Crippen LogP contribution in [0.3, 0.4) is 0 Å². The van der Waals surface area contributed by atoms with Gasteiger partial charge in [0.15, 0.2) is 0 Å². The van der Waals surface area contributed by atoms with Crippen LogP contribution >= 0.6 is 11.3 Å². The number of aromatic nitrogens is 2. The first-order valence-electron chi connectivity index (χ1n) is 9.15. The van der Waals surface area contributed by atoms with Gasteiger partial charge in [-0.15, -0.1) is 11.3 Å². The highest BCUT2D eigenvalue weighted by Gasteiger charge is 2.19. The minimum absolute atomic E-state index is 0.126. The molecular weight excluding hydrogens is 360 g/mol.